The van der Waals surface area contributed by atoms with Gasteiger partial charge in [-0.15, -0.1) is 0 Å². The zero-order chi connectivity index (χ0) is 22.9. The first-order valence-electron chi connectivity index (χ1n) is 10.6. The summed E-state index contributed by atoms with van der Waals surface area (Å²) in [5.74, 6) is 0.608. The number of carbonyl (C=O) groups excluding carboxylic acids is 2. The van der Waals surface area contributed by atoms with Crippen LogP contribution in [0.4, 0.5) is 4.79 Å². The molecule has 0 saturated heterocycles. The zero-order valence-corrected chi connectivity index (χ0v) is 18.6. The van der Waals surface area contributed by atoms with E-state index in [0.717, 1.165) is 16.7 Å². The number of aryl methyl sites for hydroxylation is 1. The van der Waals surface area contributed by atoms with Crippen molar-refractivity contribution >= 4 is 12.0 Å². The lowest BCUT2D eigenvalue weighted by Gasteiger charge is -2.23. The molecular formula is C24H28N4O4. The number of nitrogens with zero attached hydrogens (tertiary/aromatic N) is 3. The standard InChI is InChI=1S/C24H28N4O4/c1-4-31-22(29)16-20(18-8-6-5-7-9-18)25-24(30)28(3)15-14-21-26-23(32-27-21)19-12-10-17(2)11-13-19/h5-13,20H,4,14-16H2,1-3H3,(H,25,30)/t20-/m1/s1. The van der Waals surface area contributed by atoms with Gasteiger partial charge in [0, 0.05) is 25.6 Å². The highest BCUT2D eigenvalue weighted by molar-refractivity contribution is 5.76. The number of urea groups is 1. The van der Waals surface area contributed by atoms with Gasteiger partial charge >= 0.3 is 12.0 Å². The van der Waals surface area contributed by atoms with E-state index in [4.69, 9.17) is 9.26 Å². The van der Waals surface area contributed by atoms with Gasteiger partial charge in [0.15, 0.2) is 5.82 Å². The Hall–Kier alpha value is -3.68. The molecule has 0 spiro atoms. The lowest BCUT2D eigenvalue weighted by Crippen LogP contribution is -2.41. The van der Waals surface area contributed by atoms with Crippen molar-refractivity contribution in [2.45, 2.75) is 32.7 Å². The molecule has 2 aromatic carbocycles. The Morgan fingerprint density at radius 3 is 2.53 bits per heavy atom. The molecule has 1 aromatic heterocycles. The highest BCUT2D eigenvalue weighted by atomic mass is 16.5. The van der Waals surface area contributed by atoms with Gasteiger partial charge in [0.2, 0.25) is 0 Å². The molecule has 8 heteroatoms. The van der Waals surface area contributed by atoms with E-state index in [1.807, 2.05) is 61.5 Å². The van der Waals surface area contributed by atoms with Crippen LogP contribution in [0.5, 0.6) is 0 Å². The predicted octanol–water partition coefficient (Wildman–Crippen LogP) is 3.92. The molecule has 3 aromatic rings. The Kier molecular flexibility index (Phi) is 7.96. The molecule has 2 amide bonds. The molecule has 0 radical (unpaired) electrons. The van der Waals surface area contributed by atoms with E-state index in [-0.39, 0.29) is 18.4 Å². The number of carbonyl (C=O) groups is 2. The van der Waals surface area contributed by atoms with E-state index in [0.29, 0.717) is 31.3 Å². The third-order valence-electron chi connectivity index (χ3n) is 4.96. The Bertz CT molecular complexity index is 1020. The number of nitrogens with one attached hydrogen (secondary N) is 1. The van der Waals surface area contributed by atoms with Crippen LogP contribution < -0.4 is 5.32 Å². The van der Waals surface area contributed by atoms with Gasteiger partial charge in [0.25, 0.3) is 5.89 Å². The fourth-order valence-electron chi connectivity index (χ4n) is 3.12. The average Bonchev–Trinajstić information content (AvgIpc) is 3.27. The summed E-state index contributed by atoms with van der Waals surface area (Å²) < 4.78 is 10.4. The summed E-state index contributed by atoms with van der Waals surface area (Å²) in [5.41, 5.74) is 2.84. The van der Waals surface area contributed by atoms with E-state index in [1.165, 1.54) is 4.90 Å². The highest BCUT2D eigenvalue weighted by Gasteiger charge is 2.21. The lowest BCUT2D eigenvalue weighted by atomic mass is 10.0. The van der Waals surface area contributed by atoms with Crippen molar-refractivity contribution in [3.63, 3.8) is 0 Å². The molecule has 1 heterocycles. The van der Waals surface area contributed by atoms with Gasteiger partial charge in [-0.25, -0.2) is 4.79 Å². The number of aromatic nitrogens is 2. The lowest BCUT2D eigenvalue weighted by molar-refractivity contribution is -0.143. The van der Waals surface area contributed by atoms with Crippen LogP contribution in [-0.4, -0.2) is 47.2 Å². The number of esters is 1. The highest BCUT2D eigenvalue weighted by Crippen LogP contribution is 2.19. The number of rotatable bonds is 9. The van der Waals surface area contributed by atoms with Gasteiger partial charge in [-0.2, -0.15) is 4.98 Å². The monoisotopic (exact) mass is 436 g/mol. The minimum absolute atomic E-state index is 0.0577. The van der Waals surface area contributed by atoms with Gasteiger partial charge < -0.3 is 19.5 Å². The van der Waals surface area contributed by atoms with Crippen molar-refractivity contribution in [2.75, 3.05) is 20.2 Å². The van der Waals surface area contributed by atoms with E-state index in [9.17, 15) is 9.59 Å². The molecule has 0 aliphatic rings. The predicted molar refractivity (Wildman–Crippen MR) is 120 cm³/mol. The summed E-state index contributed by atoms with van der Waals surface area (Å²) in [6.45, 7) is 4.45. The molecule has 168 valence electrons. The first-order valence-corrected chi connectivity index (χ1v) is 10.6. The number of benzene rings is 2. The summed E-state index contributed by atoms with van der Waals surface area (Å²) in [6, 6.07) is 16.4. The third kappa shape index (κ3) is 6.41. The molecule has 3 rings (SSSR count). The van der Waals surface area contributed by atoms with Gasteiger partial charge in [0.1, 0.15) is 0 Å². The second-order valence-electron chi connectivity index (χ2n) is 7.48. The molecule has 0 bridgehead atoms. The Morgan fingerprint density at radius 1 is 1.12 bits per heavy atom. The van der Waals surface area contributed by atoms with Crippen LogP contribution in [0.15, 0.2) is 59.1 Å². The van der Waals surface area contributed by atoms with Crippen LogP contribution >= 0.6 is 0 Å². The fraction of sp³-hybridized carbons (Fsp3) is 0.333. The average molecular weight is 437 g/mol. The summed E-state index contributed by atoms with van der Waals surface area (Å²) >= 11 is 0. The topological polar surface area (TPSA) is 97.6 Å². The van der Waals surface area contributed by atoms with E-state index < -0.39 is 6.04 Å². The van der Waals surface area contributed by atoms with Crippen LogP contribution in [0, 0.1) is 6.92 Å². The summed E-state index contributed by atoms with van der Waals surface area (Å²) in [6.07, 6.45) is 0.495. The number of likely N-dealkylation sites (N-methyl/N-ethyl adjacent to an activating group) is 1. The first-order chi connectivity index (χ1) is 15.5. The minimum atomic E-state index is -0.483. The Balaban J connectivity index is 1.58. The van der Waals surface area contributed by atoms with Crippen LogP contribution in [0.25, 0.3) is 11.5 Å². The number of ether oxygens (including phenoxy) is 1. The van der Waals surface area contributed by atoms with Gasteiger partial charge in [-0.1, -0.05) is 53.2 Å². The van der Waals surface area contributed by atoms with Crippen molar-refractivity contribution in [2.24, 2.45) is 0 Å². The van der Waals surface area contributed by atoms with Gasteiger partial charge in [-0.3, -0.25) is 4.79 Å². The molecular weight excluding hydrogens is 408 g/mol. The van der Waals surface area contributed by atoms with E-state index in [1.54, 1.807) is 14.0 Å². The number of hydrogen-bond donors (Lipinski definition) is 1. The van der Waals surface area contributed by atoms with Crippen molar-refractivity contribution in [1.29, 1.82) is 0 Å². The Morgan fingerprint density at radius 2 is 1.84 bits per heavy atom. The first kappa shape index (κ1) is 23.0. The maximum atomic E-state index is 12.7. The smallest absolute Gasteiger partial charge is 0.317 e. The van der Waals surface area contributed by atoms with Crippen LogP contribution in [0.3, 0.4) is 0 Å². The maximum Gasteiger partial charge on any atom is 0.317 e. The fourth-order valence-corrected chi connectivity index (χ4v) is 3.12. The molecule has 0 fully saturated rings. The second kappa shape index (κ2) is 11.1. The van der Waals surface area contributed by atoms with Crippen LogP contribution in [-0.2, 0) is 16.0 Å². The Labute approximate surface area is 187 Å². The number of hydrogen-bond acceptors (Lipinski definition) is 6. The number of amides is 2. The second-order valence-corrected chi connectivity index (χ2v) is 7.48. The molecule has 8 nitrogen and oxygen atoms in total. The zero-order valence-electron chi connectivity index (χ0n) is 18.6. The molecule has 0 unspecified atom stereocenters. The van der Waals surface area contributed by atoms with Crippen LogP contribution in [0.1, 0.15) is 36.3 Å². The summed E-state index contributed by atoms with van der Waals surface area (Å²) in [5, 5.41) is 6.93. The normalized spacial score (nSPS) is 11.6. The summed E-state index contributed by atoms with van der Waals surface area (Å²) in [4.78, 5) is 30.7. The quantitative estimate of drug-likeness (QED) is 0.511. The molecule has 0 aliphatic heterocycles. The van der Waals surface area contributed by atoms with E-state index >= 15 is 0 Å². The molecule has 1 atom stereocenters. The van der Waals surface area contributed by atoms with E-state index in [2.05, 4.69) is 15.5 Å². The SMILES string of the molecule is CCOC(=O)C[C@@H](NC(=O)N(C)CCc1noc(-c2ccc(C)cc2)n1)c1ccccc1. The van der Waals surface area contributed by atoms with Gasteiger partial charge in [-0.05, 0) is 31.5 Å². The largest absolute Gasteiger partial charge is 0.466 e. The maximum absolute atomic E-state index is 12.7. The van der Waals surface area contributed by atoms with Crippen molar-refractivity contribution in [3.05, 3.63) is 71.5 Å². The van der Waals surface area contributed by atoms with Crippen molar-refractivity contribution in [1.82, 2.24) is 20.4 Å². The van der Waals surface area contributed by atoms with Crippen LogP contribution in [0.2, 0.25) is 0 Å². The molecule has 1 N–H and O–H groups in total. The molecule has 0 saturated carbocycles. The minimum Gasteiger partial charge on any atom is -0.466 e. The molecule has 32 heavy (non-hydrogen) atoms. The van der Waals surface area contributed by atoms with Gasteiger partial charge in [0.05, 0.1) is 19.1 Å². The molecule has 0 aliphatic carbocycles. The summed E-state index contributed by atoms with van der Waals surface area (Å²) in [7, 11) is 1.68. The van der Waals surface area contributed by atoms with Crippen molar-refractivity contribution in [3.8, 4) is 11.5 Å². The van der Waals surface area contributed by atoms with Crippen molar-refractivity contribution < 1.29 is 18.8 Å². The third-order valence-corrected chi connectivity index (χ3v) is 4.96.